The fraction of sp³-hybridized carbons (Fsp3) is 0.214. The molecule has 2 aromatic rings. The molecule has 0 unspecified atom stereocenters. The first kappa shape index (κ1) is 12.4. The molecule has 1 atom stereocenters. The number of nitrogens with zero attached hydrogens (tertiary/aromatic N) is 1. The molecule has 0 radical (unpaired) electrons. The first-order valence-electron chi connectivity index (χ1n) is 5.96. The number of carbonyl (C=O) groups excluding carboxylic acids is 1. The summed E-state index contributed by atoms with van der Waals surface area (Å²) in [7, 11) is 0. The Balaban J connectivity index is 1.81. The molecular weight excluding hydrogens is 226 g/mol. The maximum absolute atomic E-state index is 11.8. The van der Waals surface area contributed by atoms with Crippen molar-refractivity contribution in [2.45, 2.75) is 12.6 Å². The van der Waals surface area contributed by atoms with Gasteiger partial charge in [-0.15, -0.1) is 0 Å². The standard InChI is InChI=1S/C14H17N3O/c15-13(12-6-2-1-3-7-12)14(18)16-8-11-17-9-4-5-10-17/h1-7,9-10,13H,8,11,15H2,(H,16,18)/t13-/m0/s1. The van der Waals surface area contributed by atoms with Gasteiger partial charge in [-0.3, -0.25) is 4.79 Å². The Kier molecular flexibility index (Phi) is 4.15. The van der Waals surface area contributed by atoms with Crippen molar-refractivity contribution < 1.29 is 4.79 Å². The molecule has 3 N–H and O–H groups in total. The van der Waals surface area contributed by atoms with E-state index in [2.05, 4.69) is 5.32 Å². The maximum Gasteiger partial charge on any atom is 0.241 e. The van der Waals surface area contributed by atoms with Gasteiger partial charge in [0.25, 0.3) is 0 Å². The number of rotatable bonds is 5. The third-order valence-electron chi connectivity index (χ3n) is 2.78. The van der Waals surface area contributed by atoms with E-state index in [0.29, 0.717) is 6.54 Å². The second kappa shape index (κ2) is 6.02. The van der Waals surface area contributed by atoms with Crippen LogP contribution in [0.25, 0.3) is 0 Å². The average Bonchev–Trinajstić information content (AvgIpc) is 2.92. The van der Waals surface area contributed by atoms with Gasteiger partial charge >= 0.3 is 0 Å². The van der Waals surface area contributed by atoms with Crippen molar-refractivity contribution >= 4 is 5.91 Å². The number of carbonyl (C=O) groups is 1. The summed E-state index contributed by atoms with van der Waals surface area (Å²) in [5.41, 5.74) is 6.71. The van der Waals surface area contributed by atoms with Gasteiger partial charge in [-0.2, -0.15) is 0 Å². The van der Waals surface area contributed by atoms with Crippen LogP contribution >= 0.6 is 0 Å². The fourth-order valence-electron chi connectivity index (χ4n) is 1.75. The van der Waals surface area contributed by atoms with Crippen LogP contribution in [0.15, 0.2) is 54.9 Å². The number of amides is 1. The summed E-state index contributed by atoms with van der Waals surface area (Å²) in [6, 6.07) is 12.7. The minimum absolute atomic E-state index is 0.145. The van der Waals surface area contributed by atoms with Crippen LogP contribution in [-0.4, -0.2) is 17.0 Å². The first-order chi connectivity index (χ1) is 8.77. The Bertz CT molecular complexity index is 479. The van der Waals surface area contributed by atoms with Gasteiger partial charge in [-0.25, -0.2) is 0 Å². The Hall–Kier alpha value is -2.07. The van der Waals surface area contributed by atoms with E-state index in [1.165, 1.54) is 0 Å². The zero-order chi connectivity index (χ0) is 12.8. The second-order valence-electron chi connectivity index (χ2n) is 4.10. The monoisotopic (exact) mass is 243 g/mol. The van der Waals surface area contributed by atoms with Crippen LogP contribution in [-0.2, 0) is 11.3 Å². The fourth-order valence-corrected chi connectivity index (χ4v) is 1.75. The molecule has 0 aliphatic rings. The third-order valence-corrected chi connectivity index (χ3v) is 2.78. The van der Waals surface area contributed by atoms with Crippen LogP contribution in [0.1, 0.15) is 11.6 Å². The number of aromatic nitrogens is 1. The average molecular weight is 243 g/mol. The van der Waals surface area contributed by atoms with Gasteiger partial charge in [0.05, 0.1) is 0 Å². The Morgan fingerprint density at radius 1 is 1.17 bits per heavy atom. The highest BCUT2D eigenvalue weighted by Gasteiger charge is 2.14. The molecule has 94 valence electrons. The van der Waals surface area contributed by atoms with Crippen molar-refractivity contribution in [2.24, 2.45) is 5.73 Å². The van der Waals surface area contributed by atoms with E-state index in [4.69, 9.17) is 5.73 Å². The topological polar surface area (TPSA) is 60.1 Å². The largest absolute Gasteiger partial charge is 0.353 e. The van der Waals surface area contributed by atoms with Crippen LogP contribution in [0, 0.1) is 0 Å². The predicted molar refractivity (Wildman–Crippen MR) is 70.8 cm³/mol. The summed E-state index contributed by atoms with van der Waals surface area (Å²) in [4.78, 5) is 11.8. The van der Waals surface area contributed by atoms with Crippen LogP contribution in [0.3, 0.4) is 0 Å². The lowest BCUT2D eigenvalue weighted by molar-refractivity contribution is -0.122. The van der Waals surface area contributed by atoms with E-state index in [-0.39, 0.29) is 5.91 Å². The van der Waals surface area contributed by atoms with E-state index in [0.717, 1.165) is 12.1 Å². The minimum atomic E-state index is -0.601. The highest BCUT2D eigenvalue weighted by atomic mass is 16.2. The molecule has 1 amide bonds. The van der Waals surface area contributed by atoms with E-state index in [1.807, 2.05) is 59.4 Å². The molecule has 0 bridgehead atoms. The minimum Gasteiger partial charge on any atom is -0.353 e. The number of nitrogens with one attached hydrogen (secondary N) is 1. The van der Waals surface area contributed by atoms with Crippen molar-refractivity contribution in [2.75, 3.05) is 6.54 Å². The van der Waals surface area contributed by atoms with E-state index >= 15 is 0 Å². The van der Waals surface area contributed by atoms with Crippen LogP contribution in [0.4, 0.5) is 0 Å². The van der Waals surface area contributed by atoms with Gasteiger partial charge in [0.2, 0.25) is 5.91 Å². The maximum atomic E-state index is 11.8. The highest BCUT2D eigenvalue weighted by molar-refractivity contribution is 5.82. The number of hydrogen-bond donors (Lipinski definition) is 2. The normalized spacial score (nSPS) is 12.1. The smallest absolute Gasteiger partial charge is 0.241 e. The number of benzene rings is 1. The SMILES string of the molecule is N[C@H](C(=O)NCCn1cccc1)c1ccccc1. The molecule has 2 rings (SSSR count). The summed E-state index contributed by atoms with van der Waals surface area (Å²) in [6.07, 6.45) is 3.92. The van der Waals surface area contributed by atoms with Gasteiger partial charge in [0, 0.05) is 25.5 Å². The van der Waals surface area contributed by atoms with E-state index < -0.39 is 6.04 Å². The highest BCUT2D eigenvalue weighted by Crippen LogP contribution is 2.08. The van der Waals surface area contributed by atoms with Gasteiger partial charge in [-0.05, 0) is 17.7 Å². The molecule has 0 saturated carbocycles. The van der Waals surface area contributed by atoms with Crippen molar-refractivity contribution in [3.8, 4) is 0 Å². The molecule has 0 aliphatic carbocycles. The number of nitrogens with two attached hydrogens (primary N) is 1. The van der Waals surface area contributed by atoms with Gasteiger partial charge < -0.3 is 15.6 Å². The molecule has 0 spiro atoms. The number of hydrogen-bond acceptors (Lipinski definition) is 2. The molecule has 18 heavy (non-hydrogen) atoms. The van der Waals surface area contributed by atoms with Crippen molar-refractivity contribution in [3.05, 3.63) is 60.4 Å². The zero-order valence-electron chi connectivity index (χ0n) is 10.1. The summed E-state index contributed by atoms with van der Waals surface area (Å²) in [5.74, 6) is -0.145. The summed E-state index contributed by atoms with van der Waals surface area (Å²) in [6.45, 7) is 1.33. The predicted octanol–water partition coefficient (Wildman–Crippen LogP) is 1.30. The lowest BCUT2D eigenvalue weighted by Gasteiger charge is -2.12. The second-order valence-corrected chi connectivity index (χ2v) is 4.10. The molecule has 4 heteroatoms. The molecule has 0 aliphatic heterocycles. The van der Waals surface area contributed by atoms with Crippen molar-refractivity contribution in [1.82, 2.24) is 9.88 Å². The Morgan fingerprint density at radius 3 is 2.50 bits per heavy atom. The van der Waals surface area contributed by atoms with Gasteiger partial charge in [0.15, 0.2) is 0 Å². The lowest BCUT2D eigenvalue weighted by Crippen LogP contribution is -2.35. The van der Waals surface area contributed by atoms with Crippen molar-refractivity contribution in [3.63, 3.8) is 0 Å². The Labute approximate surface area is 106 Å². The molecule has 0 fully saturated rings. The molecule has 1 heterocycles. The first-order valence-corrected chi connectivity index (χ1v) is 5.96. The summed E-state index contributed by atoms with van der Waals surface area (Å²) >= 11 is 0. The summed E-state index contributed by atoms with van der Waals surface area (Å²) in [5, 5.41) is 2.83. The molecule has 1 aromatic carbocycles. The zero-order valence-corrected chi connectivity index (χ0v) is 10.1. The van der Waals surface area contributed by atoms with Gasteiger partial charge in [-0.1, -0.05) is 30.3 Å². The molecule has 4 nitrogen and oxygen atoms in total. The van der Waals surface area contributed by atoms with Crippen molar-refractivity contribution in [1.29, 1.82) is 0 Å². The Morgan fingerprint density at radius 2 is 1.83 bits per heavy atom. The quantitative estimate of drug-likeness (QED) is 0.831. The van der Waals surface area contributed by atoms with Crippen LogP contribution in [0.2, 0.25) is 0 Å². The third kappa shape index (κ3) is 3.21. The van der Waals surface area contributed by atoms with Crippen LogP contribution in [0.5, 0.6) is 0 Å². The van der Waals surface area contributed by atoms with E-state index in [1.54, 1.807) is 0 Å². The lowest BCUT2D eigenvalue weighted by atomic mass is 10.1. The van der Waals surface area contributed by atoms with Gasteiger partial charge in [0.1, 0.15) is 6.04 Å². The van der Waals surface area contributed by atoms with E-state index in [9.17, 15) is 4.79 Å². The summed E-state index contributed by atoms with van der Waals surface area (Å²) < 4.78 is 2.01. The van der Waals surface area contributed by atoms with Crippen LogP contribution < -0.4 is 11.1 Å². The molecule has 1 aromatic heterocycles. The molecular formula is C14H17N3O. The molecule has 0 saturated heterocycles.